The van der Waals surface area contributed by atoms with Gasteiger partial charge in [0, 0.05) is 11.8 Å². The van der Waals surface area contributed by atoms with Crippen LogP contribution >= 0.6 is 0 Å². The molecular weight excluding hydrogens is 288 g/mol. The molecular formula is C15H14N2O3S. The summed E-state index contributed by atoms with van der Waals surface area (Å²) in [4.78, 5) is 11.9. The van der Waals surface area contributed by atoms with Crippen LogP contribution in [0.4, 0.5) is 0 Å². The molecule has 2 aromatic carbocycles. The number of amides is 1. The minimum absolute atomic E-state index is 0.209. The molecule has 5 nitrogen and oxygen atoms in total. The smallest absolute Gasteiger partial charge is 0.267 e. The van der Waals surface area contributed by atoms with Gasteiger partial charge in [0.2, 0.25) is 0 Å². The maximum Gasteiger partial charge on any atom is 0.271 e. The molecule has 0 spiro atoms. The Bertz CT molecular complexity index is 769. The van der Waals surface area contributed by atoms with Gasteiger partial charge >= 0.3 is 0 Å². The summed E-state index contributed by atoms with van der Waals surface area (Å²) in [5, 5.41) is 3.82. The Balaban J connectivity index is 2.07. The molecule has 1 N–H and O–H groups in total. The van der Waals surface area contributed by atoms with Crippen LogP contribution in [0.25, 0.3) is 0 Å². The lowest BCUT2D eigenvalue weighted by Crippen LogP contribution is -2.17. The first-order valence-corrected chi connectivity index (χ1v) is 8.04. The van der Waals surface area contributed by atoms with Crippen molar-refractivity contribution in [2.24, 2.45) is 5.10 Å². The molecule has 0 heterocycles. The van der Waals surface area contributed by atoms with Crippen LogP contribution in [0.2, 0.25) is 0 Å². The van der Waals surface area contributed by atoms with E-state index in [1.807, 2.05) is 6.07 Å². The summed E-state index contributed by atoms with van der Waals surface area (Å²) < 4.78 is 22.9. The van der Waals surface area contributed by atoms with Crippen LogP contribution in [0, 0.1) is 0 Å². The number of benzene rings is 2. The van der Waals surface area contributed by atoms with Crippen LogP contribution in [0.3, 0.4) is 0 Å². The predicted octanol–water partition coefficient (Wildman–Crippen LogP) is 1.85. The lowest BCUT2D eigenvalue weighted by molar-refractivity contribution is 0.0955. The van der Waals surface area contributed by atoms with Crippen LogP contribution in [-0.4, -0.2) is 26.8 Å². The Labute approximate surface area is 123 Å². The van der Waals surface area contributed by atoms with Gasteiger partial charge in [-0.3, -0.25) is 4.79 Å². The lowest BCUT2D eigenvalue weighted by Gasteiger charge is -2.00. The number of rotatable bonds is 4. The third kappa shape index (κ3) is 4.25. The highest BCUT2D eigenvalue weighted by Gasteiger charge is 2.06. The molecule has 0 atom stereocenters. The third-order valence-corrected chi connectivity index (χ3v) is 3.81. The van der Waals surface area contributed by atoms with Crippen molar-refractivity contribution in [1.29, 1.82) is 0 Å². The van der Waals surface area contributed by atoms with Gasteiger partial charge in [0.15, 0.2) is 9.84 Å². The number of hydrogen-bond acceptors (Lipinski definition) is 4. The zero-order valence-corrected chi connectivity index (χ0v) is 12.2. The van der Waals surface area contributed by atoms with Gasteiger partial charge in [-0.1, -0.05) is 30.3 Å². The Morgan fingerprint density at radius 2 is 1.81 bits per heavy atom. The molecule has 0 radical (unpaired) electrons. The number of sulfone groups is 1. The molecule has 2 aromatic rings. The third-order valence-electron chi connectivity index (χ3n) is 2.70. The molecule has 0 fully saturated rings. The molecule has 108 valence electrons. The van der Waals surface area contributed by atoms with Crippen molar-refractivity contribution in [3.63, 3.8) is 0 Å². The van der Waals surface area contributed by atoms with E-state index in [4.69, 9.17) is 0 Å². The van der Waals surface area contributed by atoms with Crippen LogP contribution in [0.5, 0.6) is 0 Å². The first kappa shape index (κ1) is 14.9. The molecule has 0 aliphatic rings. The standard InChI is InChI=1S/C15H14N2O3S/c1-21(19,20)14-9-5-6-12(10-14)11-16-17-15(18)13-7-3-2-4-8-13/h2-11H,1H3,(H,17,18)/b16-11+. The maximum atomic E-state index is 11.7. The van der Waals surface area contributed by atoms with Crippen LogP contribution in [0.1, 0.15) is 15.9 Å². The molecule has 0 bridgehead atoms. The number of nitrogens with zero attached hydrogens (tertiary/aromatic N) is 1. The molecule has 2 rings (SSSR count). The van der Waals surface area contributed by atoms with Gasteiger partial charge in [0.05, 0.1) is 11.1 Å². The number of carbonyl (C=O) groups excluding carboxylic acids is 1. The van der Waals surface area contributed by atoms with Crippen molar-refractivity contribution in [2.45, 2.75) is 4.90 Å². The summed E-state index contributed by atoms with van der Waals surface area (Å²) in [6.07, 6.45) is 2.54. The number of hydrogen-bond donors (Lipinski definition) is 1. The average Bonchev–Trinajstić information content (AvgIpc) is 2.47. The van der Waals surface area contributed by atoms with E-state index in [-0.39, 0.29) is 10.8 Å². The molecule has 0 saturated carbocycles. The Hall–Kier alpha value is -2.47. The normalized spacial score (nSPS) is 11.5. The minimum Gasteiger partial charge on any atom is -0.267 e. The fourth-order valence-electron chi connectivity index (χ4n) is 1.65. The number of nitrogens with one attached hydrogen (secondary N) is 1. The average molecular weight is 302 g/mol. The fourth-order valence-corrected chi connectivity index (χ4v) is 2.32. The second kappa shape index (κ2) is 6.32. The topological polar surface area (TPSA) is 75.6 Å². The number of hydrazone groups is 1. The van der Waals surface area contributed by atoms with Crippen molar-refractivity contribution >= 4 is 22.0 Å². The molecule has 0 aromatic heterocycles. The summed E-state index contributed by atoms with van der Waals surface area (Å²) in [7, 11) is -3.26. The summed E-state index contributed by atoms with van der Waals surface area (Å²) in [6, 6.07) is 15.0. The van der Waals surface area contributed by atoms with Gasteiger partial charge in [-0.25, -0.2) is 13.8 Å². The van der Waals surface area contributed by atoms with Gasteiger partial charge in [-0.2, -0.15) is 5.10 Å². The van der Waals surface area contributed by atoms with Crippen molar-refractivity contribution in [2.75, 3.05) is 6.26 Å². The SMILES string of the molecule is CS(=O)(=O)c1cccc(/C=N/NC(=O)c2ccccc2)c1. The first-order chi connectivity index (χ1) is 9.97. The Morgan fingerprint density at radius 1 is 1.10 bits per heavy atom. The molecule has 21 heavy (non-hydrogen) atoms. The van der Waals surface area contributed by atoms with E-state index in [0.717, 1.165) is 6.26 Å². The first-order valence-electron chi connectivity index (χ1n) is 6.15. The van der Waals surface area contributed by atoms with Crippen LogP contribution in [0.15, 0.2) is 64.6 Å². The van der Waals surface area contributed by atoms with Gasteiger partial charge < -0.3 is 0 Å². The van der Waals surface area contributed by atoms with E-state index < -0.39 is 9.84 Å². The van der Waals surface area contributed by atoms with E-state index in [1.165, 1.54) is 18.3 Å². The van der Waals surface area contributed by atoms with Crippen LogP contribution in [-0.2, 0) is 9.84 Å². The van der Waals surface area contributed by atoms with E-state index in [2.05, 4.69) is 10.5 Å². The Kier molecular flexibility index (Phi) is 4.49. The van der Waals surface area contributed by atoms with Crippen molar-refractivity contribution in [1.82, 2.24) is 5.43 Å². The van der Waals surface area contributed by atoms with E-state index >= 15 is 0 Å². The highest BCUT2D eigenvalue weighted by atomic mass is 32.2. The largest absolute Gasteiger partial charge is 0.271 e. The predicted molar refractivity (Wildman–Crippen MR) is 81.1 cm³/mol. The van der Waals surface area contributed by atoms with E-state index in [0.29, 0.717) is 11.1 Å². The zero-order valence-electron chi connectivity index (χ0n) is 11.4. The minimum atomic E-state index is -3.26. The lowest BCUT2D eigenvalue weighted by atomic mass is 10.2. The maximum absolute atomic E-state index is 11.7. The summed E-state index contributed by atoms with van der Waals surface area (Å²) in [5.41, 5.74) is 3.48. The van der Waals surface area contributed by atoms with Gasteiger partial charge in [0.1, 0.15) is 0 Å². The van der Waals surface area contributed by atoms with E-state index in [9.17, 15) is 13.2 Å². The van der Waals surface area contributed by atoms with Gasteiger partial charge in [-0.05, 0) is 29.8 Å². The number of carbonyl (C=O) groups is 1. The fraction of sp³-hybridized carbons (Fsp3) is 0.0667. The van der Waals surface area contributed by atoms with Crippen molar-refractivity contribution < 1.29 is 13.2 Å². The molecule has 1 amide bonds. The summed E-state index contributed by atoms with van der Waals surface area (Å²) >= 11 is 0. The molecule has 0 saturated heterocycles. The second-order valence-electron chi connectivity index (χ2n) is 4.41. The van der Waals surface area contributed by atoms with Gasteiger partial charge in [0.25, 0.3) is 5.91 Å². The quantitative estimate of drug-likeness (QED) is 0.692. The molecule has 0 aliphatic heterocycles. The zero-order chi connectivity index (χ0) is 15.3. The van der Waals surface area contributed by atoms with Crippen LogP contribution < -0.4 is 5.43 Å². The Morgan fingerprint density at radius 3 is 2.48 bits per heavy atom. The highest BCUT2D eigenvalue weighted by molar-refractivity contribution is 7.90. The van der Waals surface area contributed by atoms with Gasteiger partial charge in [-0.15, -0.1) is 0 Å². The second-order valence-corrected chi connectivity index (χ2v) is 6.43. The van der Waals surface area contributed by atoms with E-state index in [1.54, 1.807) is 36.4 Å². The van der Waals surface area contributed by atoms with Crippen molar-refractivity contribution in [3.05, 3.63) is 65.7 Å². The molecule has 0 unspecified atom stereocenters. The van der Waals surface area contributed by atoms with Crippen molar-refractivity contribution in [3.8, 4) is 0 Å². The summed E-state index contributed by atoms with van der Waals surface area (Å²) in [5.74, 6) is -0.328. The summed E-state index contributed by atoms with van der Waals surface area (Å²) in [6.45, 7) is 0. The molecule has 6 heteroatoms. The molecule has 0 aliphatic carbocycles. The monoisotopic (exact) mass is 302 g/mol. The highest BCUT2D eigenvalue weighted by Crippen LogP contribution is 2.09.